The van der Waals surface area contributed by atoms with E-state index in [1.165, 1.54) is 0 Å². The van der Waals surface area contributed by atoms with Crippen LogP contribution >= 0.6 is 15.9 Å². The zero-order valence-electron chi connectivity index (χ0n) is 10.8. The zero-order chi connectivity index (χ0) is 13.9. The highest BCUT2D eigenvalue weighted by atomic mass is 79.9. The molecule has 7 nitrogen and oxygen atoms in total. The van der Waals surface area contributed by atoms with Gasteiger partial charge in [0.15, 0.2) is 5.82 Å². The highest BCUT2D eigenvalue weighted by Crippen LogP contribution is 2.18. The smallest absolute Gasteiger partial charge is 0.178 e. The topological polar surface area (TPSA) is 74.3 Å². The molecule has 2 aromatic heterocycles. The van der Waals surface area contributed by atoms with Crippen molar-refractivity contribution in [3.63, 3.8) is 0 Å². The van der Waals surface area contributed by atoms with Gasteiger partial charge in [0, 0.05) is 0 Å². The second kappa shape index (κ2) is 5.49. The molecule has 0 fully saturated rings. The number of hydrogen-bond donors (Lipinski definition) is 0. The van der Waals surface area contributed by atoms with E-state index in [-0.39, 0.29) is 4.83 Å². The summed E-state index contributed by atoms with van der Waals surface area (Å²) in [5, 5.41) is 19.9. The summed E-state index contributed by atoms with van der Waals surface area (Å²) in [5.74, 6) is 0.704. The van der Waals surface area contributed by atoms with E-state index < -0.39 is 0 Å². The molecule has 2 heterocycles. The largest absolute Gasteiger partial charge is 0.244 e. The van der Waals surface area contributed by atoms with Crippen molar-refractivity contribution >= 4 is 15.9 Å². The van der Waals surface area contributed by atoms with Crippen LogP contribution in [0.15, 0.2) is 36.5 Å². The van der Waals surface area contributed by atoms with Crippen molar-refractivity contribution in [3.05, 3.63) is 48.0 Å². The number of hydrogen-bond acceptors (Lipinski definition) is 5. The Kier molecular flexibility index (Phi) is 3.55. The molecule has 3 aromatic rings. The van der Waals surface area contributed by atoms with E-state index in [1.807, 2.05) is 43.5 Å². The van der Waals surface area contributed by atoms with E-state index >= 15 is 0 Å². The Bertz CT molecular complexity index is 689. The van der Waals surface area contributed by atoms with Gasteiger partial charge in [-0.05, 0) is 29.5 Å². The molecule has 1 atom stereocenters. The molecular weight excluding hydrogens is 322 g/mol. The Hall–Kier alpha value is -2.09. The average molecular weight is 334 g/mol. The maximum absolute atomic E-state index is 4.09. The van der Waals surface area contributed by atoms with Crippen molar-refractivity contribution < 1.29 is 0 Å². The molecular formula is C12H12BrN7. The standard InChI is InChI=1S/C12H12BrN7/c1-9(13)11-7-19(17-14-11)8-12-15-16-18-20(12)10-5-3-2-4-6-10/h2-7,9H,8H2,1H3. The van der Waals surface area contributed by atoms with E-state index in [9.17, 15) is 0 Å². The molecule has 102 valence electrons. The summed E-state index contributed by atoms with van der Waals surface area (Å²) in [6.07, 6.45) is 1.88. The molecule has 1 unspecified atom stereocenters. The molecule has 0 aliphatic heterocycles. The van der Waals surface area contributed by atoms with Crippen molar-refractivity contribution in [1.29, 1.82) is 0 Å². The first-order valence-corrected chi connectivity index (χ1v) is 7.02. The van der Waals surface area contributed by atoms with Crippen LogP contribution in [-0.4, -0.2) is 35.2 Å². The van der Waals surface area contributed by atoms with Crippen LogP contribution < -0.4 is 0 Å². The summed E-state index contributed by atoms with van der Waals surface area (Å²) in [5.41, 5.74) is 1.80. The fourth-order valence-electron chi connectivity index (χ4n) is 1.79. The molecule has 0 N–H and O–H groups in total. The number of tetrazole rings is 1. The van der Waals surface area contributed by atoms with Crippen LogP contribution in [0.2, 0.25) is 0 Å². The van der Waals surface area contributed by atoms with Crippen LogP contribution in [0.1, 0.15) is 23.3 Å². The van der Waals surface area contributed by atoms with Gasteiger partial charge in [-0.15, -0.1) is 10.2 Å². The zero-order valence-corrected chi connectivity index (χ0v) is 12.3. The Morgan fingerprint density at radius 3 is 2.65 bits per heavy atom. The number of alkyl halides is 1. The van der Waals surface area contributed by atoms with Gasteiger partial charge in [-0.25, -0.2) is 4.68 Å². The molecule has 0 saturated heterocycles. The van der Waals surface area contributed by atoms with Gasteiger partial charge < -0.3 is 0 Å². The number of para-hydroxylation sites is 1. The lowest BCUT2D eigenvalue weighted by Gasteiger charge is -2.03. The van der Waals surface area contributed by atoms with Crippen LogP contribution in [0, 0.1) is 0 Å². The molecule has 0 amide bonds. The Balaban J connectivity index is 1.87. The van der Waals surface area contributed by atoms with Crippen LogP contribution in [0.3, 0.4) is 0 Å². The van der Waals surface area contributed by atoms with Gasteiger partial charge in [-0.3, -0.25) is 0 Å². The maximum Gasteiger partial charge on any atom is 0.178 e. The first kappa shape index (κ1) is 12.9. The molecule has 3 rings (SSSR count). The fourth-order valence-corrected chi connectivity index (χ4v) is 2.00. The highest BCUT2D eigenvalue weighted by molar-refractivity contribution is 9.09. The number of halogens is 1. The summed E-state index contributed by atoms with van der Waals surface area (Å²) < 4.78 is 3.41. The van der Waals surface area contributed by atoms with Gasteiger partial charge in [0.2, 0.25) is 0 Å². The van der Waals surface area contributed by atoms with Gasteiger partial charge in [0.1, 0.15) is 6.54 Å². The minimum absolute atomic E-state index is 0.168. The molecule has 0 spiro atoms. The van der Waals surface area contributed by atoms with Crippen LogP contribution in [0.4, 0.5) is 0 Å². The number of benzene rings is 1. The Morgan fingerprint density at radius 2 is 1.95 bits per heavy atom. The van der Waals surface area contributed by atoms with Crippen molar-refractivity contribution in [2.75, 3.05) is 0 Å². The SMILES string of the molecule is CC(Br)c1cn(Cc2nnnn2-c2ccccc2)nn1. The van der Waals surface area contributed by atoms with E-state index in [4.69, 9.17) is 0 Å². The molecule has 20 heavy (non-hydrogen) atoms. The molecule has 8 heteroatoms. The number of rotatable bonds is 4. The predicted molar refractivity (Wildman–Crippen MR) is 75.6 cm³/mol. The van der Waals surface area contributed by atoms with Gasteiger partial charge in [-0.2, -0.15) is 4.68 Å². The minimum atomic E-state index is 0.168. The summed E-state index contributed by atoms with van der Waals surface area (Å²) in [6.45, 7) is 2.47. The lowest BCUT2D eigenvalue weighted by Crippen LogP contribution is -2.09. The number of aromatic nitrogens is 7. The lowest BCUT2D eigenvalue weighted by molar-refractivity contribution is 0.609. The third-order valence-electron chi connectivity index (χ3n) is 2.80. The lowest BCUT2D eigenvalue weighted by atomic mass is 10.3. The number of nitrogens with zero attached hydrogens (tertiary/aromatic N) is 7. The summed E-state index contributed by atoms with van der Waals surface area (Å²) in [7, 11) is 0. The molecule has 0 aliphatic rings. The molecule has 0 radical (unpaired) electrons. The normalized spacial score (nSPS) is 12.5. The average Bonchev–Trinajstić information content (AvgIpc) is 3.09. The predicted octanol–water partition coefficient (Wildman–Crippen LogP) is 1.76. The van der Waals surface area contributed by atoms with Crippen molar-refractivity contribution in [2.24, 2.45) is 0 Å². The summed E-state index contributed by atoms with van der Waals surface area (Å²) in [6, 6.07) is 9.75. The van der Waals surface area contributed by atoms with Crippen molar-refractivity contribution in [1.82, 2.24) is 35.2 Å². The second-order valence-corrected chi connectivity index (χ2v) is 5.67. The van der Waals surface area contributed by atoms with Gasteiger partial charge in [0.05, 0.1) is 22.4 Å². The highest BCUT2D eigenvalue weighted by Gasteiger charge is 2.11. The van der Waals surface area contributed by atoms with Crippen molar-refractivity contribution in [3.8, 4) is 5.69 Å². The summed E-state index contributed by atoms with van der Waals surface area (Å²) >= 11 is 3.46. The Labute approximate surface area is 123 Å². The first-order valence-electron chi connectivity index (χ1n) is 6.11. The second-order valence-electron chi connectivity index (χ2n) is 4.30. The van der Waals surface area contributed by atoms with E-state index in [0.717, 1.165) is 11.4 Å². The van der Waals surface area contributed by atoms with Crippen LogP contribution in [0.5, 0.6) is 0 Å². The van der Waals surface area contributed by atoms with Crippen molar-refractivity contribution in [2.45, 2.75) is 18.3 Å². The van der Waals surface area contributed by atoms with E-state index in [0.29, 0.717) is 12.4 Å². The first-order chi connectivity index (χ1) is 9.74. The summed E-state index contributed by atoms with van der Waals surface area (Å²) in [4.78, 5) is 0.168. The van der Waals surface area contributed by atoms with E-state index in [2.05, 4.69) is 41.8 Å². The monoisotopic (exact) mass is 333 g/mol. The maximum atomic E-state index is 4.09. The van der Waals surface area contributed by atoms with Crippen LogP contribution in [0.25, 0.3) is 5.69 Å². The van der Waals surface area contributed by atoms with E-state index in [1.54, 1.807) is 9.36 Å². The fraction of sp³-hybridized carbons (Fsp3) is 0.250. The molecule has 0 bridgehead atoms. The van der Waals surface area contributed by atoms with Crippen LogP contribution in [-0.2, 0) is 6.54 Å². The third kappa shape index (κ3) is 2.60. The Morgan fingerprint density at radius 1 is 1.15 bits per heavy atom. The van der Waals surface area contributed by atoms with Gasteiger partial charge in [-0.1, -0.05) is 39.3 Å². The quantitative estimate of drug-likeness (QED) is 0.680. The molecule has 0 aliphatic carbocycles. The minimum Gasteiger partial charge on any atom is -0.244 e. The molecule has 1 aromatic carbocycles. The third-order valence-corrected chi connectivity index (χ3v) is 3.27. The van der Waals surface area contributed by atoms with Gasteiger partial charge >= 0.3 is 0 Å². The van der Waals surface area contributed by atoms with Gasteiger partial charge in [0.25, 0.3) is 0 Å². The molecule has 0 saturated carbocycles.